The van der Waals surface area contributed by atoms with Gasteiger partial charge in [0.1, 0.15) is 23.4 Å². The van der Waals surface area contributed by atoms with Crippen molar-refractivity contribution >= 4 is 23.2 Å². The molecule has 9 heteroatoms. The van der Waals surface area contributed by atoms with Gasteiger partial charge in [0.15, 0.2) is 0 Å². The lowest BCUT2D eigenvalue weighted by molar-refractivity contribution is -0.140. The smallest absolute Gasteiger partial charge is 0.419 e. The maximum atomic E-state index is 13.4. The average Bonchev–Trinajstić information content (AvgIpc) is 2.65. The summed E-state index contributed by atoms with van der Waals surface area (Å²) in [6, 6.07) is 8.15. The van der Waals surface area contributed by atoms with Crippen molar-refractivity contribution in [1.29, 1.82) is 0 Å². The fourth-order valence-electron chi connectivity index (χ4n) is 3.46. The number of ether oxygens (including phenoxy) is 1. The number of hydrogen-bond acceptors (Lipinski definition) is 4. The lowest BCUT2D eigenvalue weighted by Crippen LogP contribution is -2.46. The summed E-state index contributed by atoms with van der Waals surface area (Å²) < 4.78 is 57.3. The Bertz CT molecular complexity index is 1040. The number of phenols is 1. The van der Waals surface area contributed by atoms with E-state index in [1.165, 1.54) is 6.07 Å². The number of hydrogen-bond donors (Lipinski definition) is 2. The van der Waals surface area contributed by atoms with Gasteiger partial charge in [-0.2, -0.15) is 13.2 Å². The summed E-state index contributed by atoms with van der Waals surface area (Å²) in [5.41, 5.74) is -0.310. The van der Waals surface area contributed by atoms with Crippen LogP contribution in [-0.2, 0) is 12.7 Å². The van der Waals surface area contributed by atoms with Gasteiger partial charge >= 0.3 is 6.18 Å². The van der Waals surface area contributed by atoms with E-state index in [0.717, 1.165) is 17.0 Å². The van der Waals surface area contributed by atoms with Crippen molar-refractivity contribution in [2.75, 3.05) is 0 Å². The number of alkyl halides is 3. The van der Waals surface area contributed by atoms with Crippen LogP contribution in [0.3, 0.4) is 0 Å². The summed E-state index contributed by atoms with van der Waals surface area (Å²) >= 11 is 0. The number of rotatable bonds is 5. The Hall–Kier alpha value is -2.58. The number of aromatic hydroxyl groups is 1. The minimum Gasteiger partial charge on any atom is -0.507 e. The van der Waals surface area contributed by atoms with Crippen LogP contribution in [-0.4, -0.2) is 22.2 Å². The lowest BCUT2D eigenvalue weighted by Gasteiger charge is -2.36. The van der Waals surface area contributed by atoms with Gasteiger partial charge in [-0.25, -0.2) is 4.39 Å². The SMILES string of the molecule is Cl.Oc1ccc(CNC2CC(Oc3ccc(F)c(C(F)(F)F)c3)C2)c2ccncc12. The Balaban J connectivity index is 0.00000256. The number of fused-ring (bicyclic) bond motifs is 1. The van der Waals surface area contributed by atoms with Crippen molar-refractivity contribution in [2.45, 2.75) is 37.7 Å². The van der Waals surface area contributed by atoms with E-state index in [9.17, 15) is 22.7 Å². The van der Waals surface area contributed by atoms with Gasteiger partial charge in [0.05, 0.1) is 5.56 Å². The number of benzene rings is 2. The number of pyridine rings is 1. The molecule has 1 aliphatic carbocycles. The van der Waals surface area contributed by atoms with E-state index in [0.29, 0.717) is 30.8 Å². The molecular formula is C21H19ClF4N2O2. The highest BCUT2D eigenvalue weighted by Gasteiger charge is 2.35. The van der Waals surface area contributed by atoms with Crippen LogP contribution < -0.4 is 10.1 Å². The summed E-state index contributed by atoms with van der Waals surface area (Å²) in [5.74, 6) is -1.12. The summed E-state index contributed by atoms with van der Waals surface area (Å²) in [6.45, 7) is 0.576. The monoisotopic (exact) mass is 442 g/mol. The summed E-state index contributed by atoms with van der Waals surface area (Å²) in [4.78, 5) is 4.02. The highest BCUT2D eigenvalue weighted by molar-refractivity contribution is 5.89. The molecule has 0 amide bonds. The van der Waals surface area contributed by atoms with Crippen molar-refractivity contribution in [3.05, 3.63) is 65.7 Å². The van der Waals surface area contributed by atoms with Gasteiger partial charge in [0.25, 0.3) is 0 Å². The first-order chi connectivity index (χ1) is 13.8. The van der Waals surface area contributed by atoms with Crippen molar-refractivity contribution in [1.82, 2.24) is 10.3 Å². The van der Waals surface area contributed by atoms with Gasteiger partial charge in [0, 0.05) is 30.4 Å². The first-order valence-electron chi connectivity index (χ1n) is 9.12. The molecule has 1 aliphatic rings. The molecule has 4 nitrogen and oxygen atoms in total. The summed E-state index contributed by atoms with van der Waals surface area (Å²) in [5, 5.41) is 14.9. The number of nitrogens with zero attached hydrogens (tertiary/aromatic N) is 1. The normalized spacial score (nSPS) is 18.5. The minimum absolute atomic E-state index is 0. The van der Waals surface area contributed by atoms with Gasteiger partial charge in [-0.1, -0.05) is 6.07 Å². The third-order valence-corrected chi connectivity index (χ3v) is 5.11. The zero-order valence-electron chi connectivity index (χ0n) is 15.6. The third kappa shape index (κ3) is 4.60. The van der Waals surface area contributed by atoms with Crippen LogP contribution >= 0.6 is 12.4 Å². The molecule has 0 aliphatic heterocycles. The van der Waals surface area contributed by atoms with E-state index in [1.807, 2.05) is 12.1 Å². The summed E-state index contributed by atoms with van der Waals surface area (Å²) in [6.07, 6.45) is -0.433. The van der Waals surface area contributed by atoms with Gasteiger partial charge < -0.3 is 15.2 Å². The molecular weight excluding hydrogens is 424 g/mol. The van der Waals surface area contributed by atoms with Gasteiger partial charge in [-0.05, 0) is 54.1 Å². The Kier molecular flexibility index (Phi) is 6.38. The molecule has 0 spiro atoms. The fourth-order valence-corrected chi connectivity index (χ4v) is 3.46. The van der Waals surface area contributed by atoms with Crippen molar-refractivity contribution in [3.8, 4) is 11.5 Å². The molecule has 160 valence electrons. The average molecular weight is 443 g/mol. The lowest BCUT2D eigenvalue weighted by atomic mass is 9.89. The van der Waals surface area contributed by atoms with Crippen LogP contribution in [0.25, 0.3) is 10.8 Å². The molecule has 0 atom stereocenters. The first kappa shape index (κ1) is 22.1. The molecule has 1 fully saturated rings. The van der Waals surface area contributed by atoms with E-state index < -0.39 is 17.6 Å². The van der Waals surface area contributed by atoms with E-state index >= 15 is 0 Å². The topological polar surface area (TPSA) is 54.4 Å². The molecule has 0 radical (unpaired) electrons. The molecule has 0 unspecified atom stereocenters. The number of phenolic OH excluding ortho intramolecular Hbond substituents is 1. The number of nitrogens with one attached hydrogen (secondary N) is 1. The molecule has 1 saturated carbocycles. The van der Waals surface area contributed by atoms with E-state index in [2.05, 4.69) is 10.3 Å². The maximum Gasteiger partial charge on any atom is 0.419 e. The second-order valence-electron chi connectivity index (χ2n) is 7.09. The molecule has 3 aromatic rings. The predicted octanol–water partition coefficient (Wildman–Crippen LogP) is 5.22. The zero-order valence-corrected chi connectivity index (χ0v) is 16.4. The highest BCUT2D eigenvalue weighted by atomic mass is 35.5. The van der Waals surface area contributed by atoms with Gasteiger partial charge in [-0.15, -0.1) is 12.4 Å². The maximum absolute atomic E-state index is 13.4. The Morgan fingerprint density at radius 2 is 1.87 bits per heavy atom. The molecule has 1 heterocycles. The van der Waals surface area contributed by atoms with Crippen LogP contribution in [0.1, 0.15) is 24.0 Å². The molecule has 0 bridgehead atoms. The summed E-state index contributed by atoms with van der Waals surface area (Å²) in [7, 11) is 0. The van der Waals surface area contributed by atoms with Gasteiger partial charge in [-0.3, -0.25) is 4.98 Å². The van der Waals surface area contributed by atoms with Crippen molar-refractivity contribution < 1.29 is 27.4 Å². The molecule has 2 aromatic carbocycles. The minimum atomic E-state index is -4.75. The first-order valence-corrected chi connectivity index (χ1v) is 9.12. The number of aromatic nitrogens is 1. The van der Waals surface area contributed by atoms with Crippen LogP contribution in [0.15, 0.2) is 48.8 Å². The van der Waals surface area contributed by atoms with E-state index in [1.54, 1.807) is 18.5 Å². The molecule has 4 rings (SSSR count). The van der Waals surface area contributed by atoms with Crippen LogP contribution in [0, 0.1) is 5.82 Å². The Morgan fingerprint density at radius 1 is 1.10 bits per heavy atom. The second kappa shape index (κ2) is 8.65. The fraction of sp³-hybridized carbons (Fsp3) is 0.286. The second-order valence-corrected chi connectivity index (χ2v) is 7.09. The third-order valence-electron chi connectivity index (χ3n) is 5.11. The predicted molar refractivity (Wildman–Crippen MR) is 106 cm³/mol. The molecule has 30 heavy (non-hydrogen) atoms. The highest BCUT2D eigenvalue weighted by Crippen LogP contribution is 2.35. The Labute approximate surface area is 176 Å². The van der Waals surface area contributed by atoms with Crippen LogP contribution in [0.2, 0.25) is 0 Å². The molecule has 2 N–H and O–H groups in total. The number of halogens is 5. The van der Waals surface area contributed by atoms with E-state index in [-0.39, 0.29) is 36.1 Å². The standard InChI is InChI=1S/C21H18F4N2O2.ClH/c22-19-3-2-14(9-18(19)21(23,24)25)29-15-7-13(8-15)27-10-12-1-4-20(28)17-11-26-6-5-16(12)17;/h1-6,9,11,13,15,27-28H,7-8,10H2;1H. The zero-order chi connectivity index (χ0) is 20.6. The van der Waals surface area contributed by atoms with Crippen LogP contribution in [0.4, 0.5) is 17.6 Å². The van der Waals surface area contributed by atoms with Crippen molar-refractivity contribution in [2.24, 2.45) is 0 Å². The van der Waals surface area contributed by atoms with Crippen molar-refractivity contribution in [3.63, 3.8) is 0 Å². The quantitative estimate of drug-likeness (QED) is 0.532. The van der Waals surface area contributed by atoms with E-state index in [4.69, 9.17) is 4.74 Å². The van der Waals surface area contributed by atoms with Crippen LogP contribution in [0.5, 0.6) is 11.5 Å². The largest absolute Gasteiger partial charge is 0.507 e. The molecule has 0 saturated heterocycles. The molecule has 1 aromatic heterocycles. The Morgan fingerprint density at radius 3 is 2.60 bits per heavy atom. The van der Waals surface area contributed by atoms with Gasteiger partial charge in [0.2, 0.25) is 0 Å².